The van der Waals surface area contributed by atoms with Gasteiger partial charge in [0.2, 0.25) is 0 Å². The molecule has 1 N–H and O–H groups in total. The summed E-state index contributed by atoms with van der Waals surface area (Å²) in [6.07, 6.45) is 1.08. The molecule has 3 nitrogen and oxygen atoms in total. The molecule has 1 aliphatic rings. The molecule has 110 valence electrons. The Morgan fingerprint density at radius 1 is 1.45 bits per heavy atom. The summed E-state index contributed by atoms with van der Waals surface area (Å²) in [7, 11) is 0. The molecule has 1 heterocycles. The molecule has 0 aliphatic carbocycles. The summed E-state index contributed by atoms with van der Waals surface area (Å²) < 4.78 is 27.1. The number of nitrogens with zero attached hydrogens (tertiary/aromatic N) is 1. The topological polar surface area (TPSA) is 40.5 Å². The summed E-state index contributed by atoms with van der Waals surface area (Å²) in [5.74, 6) is -2.78. The fourth-order valence-corrected chi connectivity index (χ4v) is 3.01. The van der Waals surface area contributed by atoms with E-state index in [0.29, 0.717) is 24.9 Å². The Balaban J connectivity index is 2.16. The number of aliphatic carboxylic acids is 1. The average molecular weight is 283 g/mol. The lowest BCUT2D eigenvalue weighted by Gasteiger charge is -2.40. The number of halogens is 2. The van der Waals surface area contributed by atoms with Crippen molar-refractivity contribution in [1.29, 1.82) is 0 Å². The zero-order valence-corrected chi connectivity index (χ0v) is 11.6. The van der Waals surface area contributed by atoms with Crippen LogP contribution in [0.1, 0.15) is 38.3 Å². The van der Waals surface area contributed by atoms with E-state index in [9.17, 15) is 13.6 Å². The van der Waals surface area contributed by atoms with E-state index < -0.39 is 17.6 Å². The van der Waals surface area contributed by atoms with Gasteiger partial charge in [0.05, 0.1) is 5.92 Å². The lowest BCUT2D eigenvalue weighted by atomic mass is 9.89. The van der Waals surface area contributed by atoms with Gasteiger partial charge < -0.3 is 5.11 Å². The van der Waals surface area contributed by atoms with Crippen LogP contribution in [0.3, 0.4) is 0 Å². The van der Waals surface area contributed by atoms with E-state index in [-0.39, 0.29) is 18.0 Å². The maximum Gasteiger partial charge on any atom is 0.306 e. The molecular formula is C15H19F2NO2. The number of carbonyl (C=O) groups is 1. The first-order chi connectivity index (χ1) is 9.41. The van der Waals surface area contributed by atoms with Gasteiger partial charge in [-0.25, -0.2) is 8.78 Å². The molecule has 0 bridgehead atoms. The van der Waals surface area contributed by atoms with Crippen molar-refractivity contribution in [2.75, 3.05) is 6.54 Å². The monoisotopic (exact) mass is 283 g/mol. The van der Waals surface area contributed by atoms with Crippen LogP contribution in [0, 0.1) is 17.6 Å². The quantitative estimate of drug-likeness (QED) is 0.926. The first kappa shape index (κ1) is 14.9. The van der Waals surface area contributed by atoms with E-state index >= 15 is 0 Å². The Hall–Kier alpha value is -1.49. The van der Waals surface area contributed by atoms with Gasteiger partial charge in [0.1, 0.15) is 0 Å². The summed E-state index contributed by atoms with van der Waals surface area (Å²) in [6.45, 7) is 4.34. The van der Waals surface area contributed by atoms with E-state index in [1.54, 1.807) is 6.07 Å². The Morgan fingerprint density at radius 2 is 2.15 bits per heavy atom. The lowest BCUT2D eigenvalue weighted by Crippen LogP contribution is -2.44. The molecule has 3 unspecified atom stereocenters. The minimum atomic E-state index is -0.845. The Labute approximate surface area is 117 Å². The summed E-state index contributed by atoms with van der Waals surface area (Å²) in [5.41, 5.74) is 0.325. The van der Waals surface area contributed by atoms with Crippen LogP contribution < -0.4 is 0 Å². The fraction of sp³-hybridized carbons (Fsp3) is 0.533. The third-order valence-electron chi connectivity index (χ3n) is 4.21. The standard InChI is InChI=1S/C15H19F2NO2/c1-9-8-11(15(19)20)6-7-18(9)10(2)12-4-3-5-13(16)14(12)17/h3-5,9-11H,6-8H2,1-2H3,(H,19,20). The summed E-state index contributed by atoms with van der Waals surface area (Å²) >= 11 is 0. The highest BCUT2D eigenvalue weighted by Gasteiger charge is 2.33. The first-order valence-electron chi connectivity index (χ1n) is 6.84. The van der Waals surface area contributed by atoms with Crippen LogP contribution in [-0.2, 0) is 4.79 Å². The van der Waals surface area contributed by atoms with Crippen LogP contribution in [0.2, 0.25) is 0 Å². The highest BCUT2D eigenvalue weighted by atomic mass is 19.2. The average Bonchev–Trinajstić information content (AvgIpc) is 2.41. The molecule has 1 aliphatic heterocycles. The van der Waals surface area contributed by atoms with Gasteiger partial charge in [-0.3, -0.25) is 9.69 Å². The number of carboxylic acid groups (broad SMARTS) is 1. The van der Waals surface area contributed by atoms with Crippen molar-refractivity contribution >= 4 is 5.97 Å². The predicted molar refractivity (Wildman–Crippen MR) is 71.3 cm³/mol. The van der Waals surface area contributed by atoms with E-state index in [1.807, 2.05) is 18.7 Å². The molecule has 3 atom stereocenters. The SMILES string of the molecule is CC1CC(C(=O)O)CCN1C(C)c1cccc(F)c1F. The van der Waals surface area contributed by atoms with Gasteiger partial charge in [-0.15, -0.1) is 0 Å². The van der Waals surface area contributed by atoms with E-state index in [1.165, 1.54) is 6.07 Å². The molecule has 0 radical (unpaired) electrons. The van der Waals surface area contributed by atoms with Gasteiger partial charge in [-0.05, 0) is 39.3 Å². The van der Waals surface area contributed by atoms with Gasteiger partial charge in [-0.2, -0.15) is 0 Å². The van der Waals surface area contributed by atoms with Crippen LogP contribution in [-0.4, -0.2) is 28.6 Å². The number of likely N-dealkylation sites (tertiary alicyclic amines) is 1. The smallest absolute Gasteiger partial charge is 0.306 e. The lowest BCUT2D eigenvalue weighted by molar-refractivity contribution is -0.144. The van der Waals surface area contributed by atoms with Crippen LogP contribution in [0.5, 0.6) is 0 Å². The molecule has 0 saturated carbocycles. The number of hydrogen-bond acceptors (Lipinski definition) is 2. The minimum absolute atomic E-state index is 0.0301. The van der Waals surface area contributed by atoms with Crippen molar-refractivity contribution in [3.63, 3.8) is 0 Å². The zero-order chi connectivity index (χ0) is 14.9. The molecule has 0 amide bonds. The number of hydrogen-bond donors (Lipinski definition) is 1. The molecule has 1 aromatic rings. The second kappa shape index (κ2) is 5.87. The zero-order valence-electron chi connectivity index (χ0n) is 11.6. The van der Waals surface area contributed by atoms with Gasteiger partial charge in [-0.1, -0.05) is 12.1 Å². The fourth-order valence-electron chi connectivity index (χ4n) is 3.01. The van der Waals surface area contributed by atoms with Gasteiger partial charge in [0, 0.05) is 17.6 Å². The molecule has 1 saturated heterocycles. The third-order valence-corrected chi connectivity index (χ3v) is 4.21. The Morgan fingerprint density at radius 3 is 2.75 bits per heavy atom. The molecule has 1 fully saturated rings. The molecule has 0 aromatic heterocycles. The van der Waals surface area contributed by atoms with E-state index in [0.717, 1.165) is 6.07 Å². The molecular weight excluding hydrogens is 264 g/mol. The van der Waals surface area contributed by atoms with Gasteiger partial charge in [0.15, 0.2) is 11.6 Å². The minimum Gasteiger partial charge on any atom is -0.481 e. The number of benzene rings is 1. The van der Waals surface area contributed by atoms with Gasteiger partial charge >= 0.3 is 5.97 Å². The predicted octanol–water partition coefficient (Wildman–Crippen LogP) is 3.21. The third kappa shape index (κ3) is 2.82. The van der Waals surface area contributed by atoms with Crippen LogP contribution in [0.25, 0.3) is 0 Å². The molecule has 2 rings (SSSR count). The van der Waals surface area contributed by atoms with E-state index in [2.05, 4.69) is 0 Å². The van der Waals surface area contributed by atoms with Crippen LogP contribution >= 0.6 is 0 Å². The number of carboxylic acids is 1. The van der Waals surface area contributed by atoms with Crippen molar-refractivity contribution in [3.05, 3.63) is 35.4 Å². The van der Waals surface area contributed by atoms with Crippen molar-refractivity contribution < 1.29 is 18.7 Å². The van der Waals surface area contributed by atoms with Crippen molar-refractivity contribution in [2.24, 2.45) is 5.92 Å². The van der Waals surface area contributed by atoms with Crippen molar-refractivity contribution in [3.8, 4) is 0 Å². The second-order valence-electron chi connectivity index (χ2n) is 5.47. The maximum atomic E-state index is 13.8. The Kier molecular flexibility index (Phi) is 4.38. The molecule has 5 heteroatoms. The number of piperidine rings is 1. The van der Waals surface area contributed by atoms with Crippen molar-refractivity contribution in [2.45, 2.75) is 38.8 Å². The highest BCUT2D eigenvalue weighted by molar-refractivity contribution is 5.70. The first-order valence-corrected chi connectivity index (χ1v) is 6.84. The normalized spacial score (nSPS) is 25.4. The summed E-state index contributed by atoms with van der Waals surface area (Å²) in [5, 5.41) is 9.05. The number of rotatable bonds is 3. The van der Waals surface area contributed by atoms with Gasteiger partial charge in [0.25, 0.3) is 0 Å². The molecule has 20 heavy (non-hydrogen) atoms. The van der Waals surface area contributed by atoms with E-state index in [4.69, 9.17) is 5.11 Å². The van der Waals surface area contributed by atoms with Crippen LogP contribution in [0.4, 0.5) is 8.78 Å². The van der Waals surface area contributed by atoms with Crippen LogP contribution in [0.15, 0.2) is 18.2 Å². The summed E-state index contributed by atoms with van der Waals surface area (Å²) in [4.78, 5) is 13.1. The molecule has 0 spiro atoms. The Bertz CT molecular complexity index is 507. The molecule has 1 aromatic carbocycles. The largest absolute Gasteiger partial charge is 0.481 e. The highest BCUT2D eigenvalue weighted by Crippen LogP contribution is 2.32. The summed E-state index contributed by atoms with van der Waals surface area (Å²) in [6, 6.07) is 3.95. The van der Waals surface area contributed by atoms with Crippen molar-refractivity contribution in [1.82, 2.24) is 4.90 Å². The maximum absolute atomic E-state index is 13.8. The second-order valence-corrected chi connectivity index (χ2v) is 5.47.